The summed E-state index contributed by atoms with van der Waals surface area (Å²) in [6, 6.07) is 0.274. The fraction of sp³-hybridized carbons (Fsp3) is 0.750. The normalized spacial score (nSPS) is 24.9. The van der Waals surface area contributed by atoms with E-state index in [1.165, 1.54) is 0 Å². The fourth-order valence-electron chi connectivity index (χ4n) is 2.38. The smallest absolute Gasteiger partial charge is 0.310 e. The first-order valence-electron chi connectivity index (χ1n) is 6.26. The first-order valence-corrected chi connectivity index (χ1v) is 6.26. The largest absolute Gasteiger partial charge is 0.481 e. The number of carboxylic acid groups (broad SMARTS) is 1. The van der Waals surface area contributed by atoms with Gasteiger partial charge in [-0.3, -0.25) is 9.69 Å². The van der Waals surface area contributed by atoms with Crippen molar-refractivity contribution in [3.63, 3.8) is 0 Å². The molecule has 0 radical (unpaired) electrons. The van der Waals surface area contributed by atoms with Crippen LogP contribution >= 0.6 is 0 Å². The average molecular weight is 252 g/mol. The topological polar surface area (TPSA) is 71.2 Å². The summed E-state index contributed by atoms with van der Waals surface area (Å²) in [5.74, 6) is 0.190. The third-order valence-electron chi connectivity index (χ3n) is 3.57. The second kappa shape index (κ2) is 4.68. The number of nitrogens with zero attached hydrogens (tertiary/aromatic N) is 4. The number of aromatic nitrogens is 3. The zero-order valence-electron chi connectivity index (χ0n) is 11.1. The van der Waals surface area contributed by atoms with Crippen LogP contribution in [0.2, 0.25) is 0 Å². The van der Waals surface area contributed by atoms with E-state index in [1.54, 1.807) is 6.33 Å². The predicted molar refractivity (Wildman–Crippen MR) is 66.0 cm³/mol. The van der Waals surface area contributed by atoms with E-state index in [2.05, 4.69) is 28.8 Å². The molecule has 2 heterocycles. The zero-order valence-corrected chi connectivity index (χ0v) is 11.1. The van der Waals surface area contributed by atoms with Crippen molar-refractivity contribution in [3.8, 4) is 0 Å². The van der Waals surface area contributed by atoms with Crippen molar-refractivity contribution >= 4 is 5.97 Å². The van der Waals surface area contributed by atoms with Gasteiger partial charge >= 0.3 is 5.97 Å². The van der Waals surface area contributed by atoms with Crippen LogP contribution in [0, 0.1) is 5.41 Å². The quantitative estimate of drug-likeness (QED) is 0.870. The van der Waals surface area contributed by atoms with E-state index in [0.29, 0.717) is 19.5 Å². The number of aliphatic carboxylic acids is 1. The summed E-state index contributed by atoms with van der Waals surface area (Å²) < 4.78 is 1.89. The van der Waals surface area contributed by atoms with E-state index in [1.807, 2.05) is 11.6 Å². The van der Waals surface area contributed by atoms with Gasteiger partial charge in [0.2, 0.25) is 0 Å². The highest BCUT2D eigenvalue weighted by Gasteiger charge is 2.40. The molecule has 1 aromatic rings. The Morgan fingerprint density at radius 3 is 2.89 bits per heavy atom. The summed E-state index contributed by atoms with van der Waals surface area (Å²) in [6.07, 6.45) is 2.25. The van der Waals surface area contributed by atoms with E-state index in [-0.39, 0.29) is 6.04 Å². The molecule has 1 saturated heterocycles. The summed E-state index contributed by atoms with van der Waals surface area (Å²) in [7, 11) is 0. The molecule has 0 saturated carbocycles. The third-order valence-corrected chi connectivity index (χ3v) is 3.57. The average Bonchev–Trinajstić information content (AvgIpc) is 2.87. The Morgan fingerprint density at radius 1 is 1.61 bits per heavy atom. The molecule has 1 N–H and O–H groups in total. The van der Waals surface area contributed by atoms with Crippen LogP contribution in [0.3, 0.4) is 0 Å². The van der Waals surface area contributed by atoms with Crippen LogP contribution in [0.15, 0.2) is 6.33 Å². The summed E-state index contributed by atoms with van der Waals surface area (Å²) in [6.45, 7) is 7.97. The van der Waals surface area contributed by atoms with Crippen molar-refractivity contribution in [1.29, 1.82) is 0 Å². The van der Waals surface area contributed by atoms with Gasteiger partial charge in [0, 0.05) is 12.6 Å². The molecule has 0 bridgehead atoms. The Bertz CT molecular complexity index is 443. The van der Waals surface area contributed by atoms with Crippen molar-refractivity contribution in [2.45, 2.75) is 39.8 Å². The van der Waals surface area contributed by atoms with Gasteiger partial charge in [0.15, 0.2) is 0 Å². The molecular weight excluding hydrogens is 232 g/mol. The van der Waals surface area contributed by atoms with E-state index >= 15 is 0 Å². The predicted octanol–water partition coefficient (Wildman–Crippen LogP) is 1.16. The maximum absolute atomic E-state index is 11.2. The van der Waals surface area contributed by atoms with Gasteiger partial charge in [-0.1, -0.05) is 0 Å². The molecule has 0 amide bonds. The highest BCUT2D eigenvalue weighted by atomic mass is 16.4. The molecule has 18 heavy (non-hydrogen) atoms. The third kappa shape index (κ3) is 2.38. The molecule has 0 spiro atoms. The van der Waals surface area contributed by atoms with Crippen LogP contribution in [0.1, 0.15) is 39.1 Å². The number of hydrogen-bond acceptors (Lipinski definition) is 4. The lowest BCUT2D eigenvalue weighted by Crippen LogP contribution is -2.32. The van der Waals surface area contributed by atoms with E-state index in [0.717, 1.165) is 12.4 Å². The Kier molecular flexibility index (Phi) is 3.38. The summed E-state index contributed by atoms with van der Waals surface area (Å²) >= 11 is 0. The SMILES string of the molecule is CC(C)n1ncnc1CN1CCC(C)(C(=O)O)C1. The van der Waals surface area contributed by atoms with Crippen LogP contribution < -0.4 is 0 Å². The molecular formula is C12H20N4O2. The van der Waals surface area contributed by atoms with Gasteiger partial charge in [-0.2, -0.15) is 5.10 Å². The van der Waals surface area contributed by atoms with E-state index in [4.69, 9.17) is 0 Å². The molecule has 1 aliphatic rings. The van der Waals surface area contributed by atoms with Crippen LogP contribution in [0.5, 0.6) is 0 Å². The Morgan fingerprint density at radius 2 is 2.33 bits per heavy atom. The van der Waals surface area contributed by atoms with Gasteiger partial charge in [0.25, 0.3) is 0 Å². The van der Waals surface area contributed by atoms with Crippen LogP contribution in [0.25, 0.3) is 0 Å². The first kappa shape index (κ1) is 13.0. The van der Waals surface area contributed by atoms with Gasteiger partial charge in [0.1, 0.15) is 12.2 Å². The van der Waals surface area contributed by atoms with Crippen LogP contribution in [0.4, 0.5) is 0 Å². The molecule has 6 heteroatoms. The Hall–Kier alpha value is -1.43. The molecule has 1 aromatic heterocycles. The van der Waals surface area contributed by atoms with E-state index in [9.17, 15) is 9.90 Å². The molecule has 0 aromatic carbocycles. The van der Waals surface area contributed by atoms with Crippen molar-refractivity contribution in [3.05, 3.63) is 12.2 Å². The summed E-state index contributed by atoms with van der Waals surface area (Å²) in [5, 5.41) is 13.4. The summed E-state index contributed by atoms with van der Waals surface area (Å²) in [5.41, 5.74) is -0.622. The molecule has 1 atom stereocenters. The molecule has 1 aliphatic heterocycles. The van der Waals surface area contributed by atoms with Crippen molar-refractivity contribution in [1.82, 2.24) is 19.7 Å². The number of rotatable bonds is 4. The maximum Gasteiger partial charge on any atom is 0.310 e. The molecule has 100 valence electrons. The number of likely N-dealkylation sites (tertiary alicyclic amines) is 1. The highest BCUT2D eigenvalue weighted by Crippen LogP contribution is 2.30. The maximum atomic E-state index is 11.2. The number of carboxylic acids is 1. The standard InChI is InChI=1S/C12H20N4O2/c1-9(2)16-10(13-8-14-16)6-15-5-4-12(3,7-15)11(17)18/h8-9H,4-7H2,1-3H3,(H,17,18). The minimum Gasteiger partial charge on any atom is -0.481 e. The van der Waals surface area contributed by atoms with Crippen LogP contribution in [-0.2, 0) is 11.3 Å². The van der Waals surface area contributed by atoms with Crippen molar-refractivity contribution < 1.29 is 9.90 Å². The molecule has 1 fully saturated rings. The Balaban J connectivity index is 2.04. The van der Waals surface area contributed by atoms with Gasteiger partial charge in [-0.15, -0.1) is 0 Å². The molecule has 1 unspecified atom stereocenters. The lowest BCUT2D eigenvalue weighted by Gasteiger charge is -2.20. The molecule has 6 nitrogen and oxygen atoms in total. The van der Waals surface area contributed by atoms with Gasteiger partial charge in [-0.05, 0) is 33.7 Å². The number of hydrogen-bond donors (Lipinski definition) is 1. The van der Waals surface area contributed by atoms with Crippen LogP contribution in [-0.4, -0.2) is 43.8 Å². The van der Waals surface area contributed by atoms with Gasteiger partial charge in [-0.25, -0.2) is 9.67 Å². The lowest BCUT2D eigenvalue weighted by molar-refractivity contribution is -0.147. The molecule has 2 rings (SSSR count). The lowest BCUT2D eigenvalue weighted by atomic mass is 9.90. The van der Waals surface area contributed by atoms with E-state index < -0.39 is 11.4 Å². The van der Waals surface area contributed by atoms with Crippen molar-refractivity contribution in [2.24, 2.45) is 5.41 Å². The fourth-order valence-corrected chi connectivity index (χ4v) is 2.38. The minimum absolute atomic E-state index is 0.274. The van der Waals surface area contributed by atoms with Crippen molar-refractivity contribution in [2.75, 3.05) is 13.1 Å². The second-order valence-electron chi connectivity index (χ2n) is 5.54. The zero-order chi connectivity index (χ0) is 13.3. The summed E-state index contributed by atoms with van der Waals surface area (Å²) in [4.78, 5) is 17.6. The van der Waals surface area contributed by atoms with Gasteiger partial charge in [0.05, 0.1) is 12.0 Å². The second-order valence-corrected chi connectivity index (χ2v) is 5.54. The number of carbonyl (C=O) groups is 1. The highest BCUT2D eigenvalue weighted by molar-refractivity contribution is 5.74. The Labute approximate surface area is 107 Å². The minimum atomic E-state index is -0.713. The monoisotopic (exact) mass is 252 g/mol. The molecule has 0 aliphatic carbocycles. The van der Waals surface area contributed by atoms with Gasteiger partial charge < -0.3 is 5.11 Å². The first-order chi connectivity index (χ1) is 8.42.